The Morgan fingerprint density at radius 2 is 2.00 bits per heavy atom. The van der Waals surface area contributed by atoms with E-state index in [0.717, 1.165) is 17.0 Å². The molecular weight excluding hydrogens is 282 g/mol. The van der Waals surface area contributed by atoms with Gasteiger partial charge in [-0.2, -0.15) is 0 Å². The molecule has 0 aromatic heterocycles. The summed E-state index contributed by atoms with van der Waals surface area (Å²) in [5.74, 6) is -2.91. The second-order valence-electron chi connectivity index (χ2n) is 4.97. The van der Waals surface area contributed by atoms with Gasteiger partial charge in [-0.3, -0.25) is 0 Å². The molecule has 1 aromatic carbocycles. The third-order valence-corrected chi connectivity index (χ3v) is 3.91. The number of rotatable bonds is 3. The minimum absolute atomic E-state index is 0.232. The summed E-state index contributed by atoms with van der Waals surface area (Å²) >= 11 is 0. The molecule has 0 aliphatic carbocycles. The van der Waals surface area contributed by atoms with Crippen molar-refractivity contribution in [3.05, 3.63) is 29.8 Å². The number of nitrogens with zero attached hydrogens (tertiary/aromatic N) is 1. The van der Waals surface area contributed by atoms with Gasteiger partial charge >= 0.3 is 12.0 Å². The second-order valence-corrected chi connectivity index (χ2v) is 4.97. The van der Waals surface area contributed by atoms with E-state index in [1.165, 1.54) is 6.07 Å². The molecule has 1 fully saturated rings. The van der Waals surface area contributed by atoms with Crippen molar-refractivity contribution in [1.82, 2.24) is 4.90 Å². The van der Waals surface area contributed by atoms with E-state index in [9.17, 15) is 23.5 Å². The van der Waals surface area contributed by atoms with Crippen LogP contribution in [0.1, 0.15) is 26.2 Å². The van der Waals surface area contributed by atoms with E-state index >= 15 is 0 Å². The summed E-state index contributed by atoms with van der Waals surface area (Å²) in [6.45, 7) is 1.91. The van der Waals surface area contributed by atoms with Crippen molar-refractivity contribution in [2.45, 2.75) is 31.7 Å². The summed E-state index contributed by atoms with van der Waals surface area (Å²) < 4.78 is 27.1. The SMILES string of the molecule is CCC1(C(=O)O)CCCN1C(=O)Nc1c(F)cccc1F. The maximum Gasteiger partial charge on any atom is 0.329 e. The summed E-state index contributed by atoms with van der Waals surface area (Å²) in [7, 11) is 0. The van der Waals surface area contributed by atoms with Crippen LogP contribution in [0.4, 0.5) is 19.3 Å². The van der Waals surface area contributed by atoms with Gasteiger partial charge in [-0.25, -0.2) is 18.4 Å². The number of benzene rings is 1. The van der Waals surface area contributed by atoms with E-state index in [-0.39, 0.29) is 13.0 Å². The molecule has 2 N–H and O–H groups in total. The fourth-order valence-electron chi connectivity index (χ4n) is 2.71. The summed E-state index contributed by atoms with van der Waals surface area (Å²) in [4.78, 5) is 24.8. The summed E-state index contributed by atoms with van der Waals surface area (Å²) in [6.07, 6.45) is 1.09. The number of hydrogen-bond acceptors (Lipinski definition) is 2. The molecule has 21 heavy (non-hydrogen) atoms. The van der Waals surface area contributed by atoms with Crippen molar-refractivity contribution in [2.75, 3.05) is 11.9 Å². The van der Waals surface area contributed by atoms with Gasteiger partial charge in [-0.1, -0.05) is 13.0 Å². The molecule has 0 spiro atoms. The second kappa shape index (κ2) is 5.67. The zero-order valence-corrected chi connectivity index (χ0v) is 11.5. The van der Waals surface area contributed by atoms with Crippen molar-refractivity contribution >= 4 is 17.7 Å². The molecule has 2 amide bonds. The highest BCUT2D eigenvalue weighted by Gasteiger charge is 2.48. The first-order chi connectivity index (χ1) is 9.92. The lowest BCUT2D eigenvalue weighted by molar-refractivity contribution is -0.148. The molecule has 0 radical (unpaired) electrons. The van der Waals surface area contributed by atoms with Crippen LogP contribution < -0.4 is 5.32 Å². The largest absolute Gasteiger partial charge is 0.479 e. The van der Waals surface area contributed by atoms with Crippen LogP contribution >= 0.6 is 0 Å². The van der Waals surface area contributed by atoms with E-state index in [1.54, 1.807) is 6.92 Å². The van der Waals surface area contributed by atoms with Gasteiger partial charge in [0, 0.05) is 6.54 Å². The number of anilines is 1. The molecule has 0 bridgehead atoms. The van der Waals surface area contributed by atoms with E-state index in [4.69, 9.17) is 0 Å². The fourth-order valence-corrected chi connectivity index (χ4v) is 2.71. The lowest BCUT2D eigenvalue weighted by Crippen LogP contribution is -2.54. The number of nitrogens with one attached hydrogen (secondary N) is 1. The zero-order chi connectivity index (χ0) is 15.6. The van der Waals surface area contributed by atoms with Gasteiger partial charge in [-0.05, 0) is 31.4 Å². The number of hydrogen-bond donors (Lipinski definition) is 2. The van der Waals surface area contributed by atoms with E-state index in [1.807, 2.05) is 0 Å². The molecule has 1 saturated heterocycles. The van der Waals surface area contributed by atoms with Gasteiger partial charge in [0.1, 0.15) is 22.9 Å². The van der Waals surface area contributed by atoms with Crippen LogP contribution in [0.5, 0.6) is 0 Å². The molecule has 1 aliphatic rings. The Kier molecular flexibility index (Phi) is 4.11. The molecule has 5 nitrogen and oxygen atoms in total. The molecule has 2 rings (SSSR count). The Hall–Kier alpha value is -2.18. The normalized spacial score (nSPS) is 21.4. The lowest BCUT2D eigenvalue weighted by Gasteiger charge is -2.33. The lowest BCUT2D eigenvalue weighted by atomic mass is 9.93. The first-order valence-electron chi connectivity index (χ1n) is 6.68. The van der Waals surface area contributed by atoms with Gasteiger partial charge in [0.25, 0.3) is 0 Å². The van der Waals surface area contributed by atoms with Crippen molar-refractivity contribution in [2.24, 2.45) is 0 Å². The molecule has 1 aliphatic heterocycles. The number of carbonyl (C=O) groups excluding carboxylic acids is 1. The Labute approximate surface area is 120 Å². The Balaban J connectivity index is 2.26. The number of carboxylic acid groups (broad SMARTS) is 1. The molecule has 1 unspecified atom stereocenters. The van der Waals surface area contributed by atoms with E-state index < -0.39 is 34.9 Å². The Morgan fingerprint density at radius 1 is 1.38 bits per heavy atom. The number of aliphatic carboxylic acids is 1. The summed E-state index contributed by atoms with van der Waals surface area (Å²) in [6, 6.07) is 2.42. The Morgan fingerprint density at radius 3 is 2.52 bits per heavy atom. The van der Waals surface area contributed by atoms with Crippen molar-refractivity contribution in [1.29, 1.82) is 0 Å². The standard InChI is InChI=1S/C14H16F2N2O3/c1-2-14(12(19)20)7-4-8-18(14)13(21)17-11-9(15)5-3-6-10(11)16/h3,5-6H,2,4,7-8H2,1H3,(H,17,21)(H,19,20). The topological polar surface area (TPSA) is 69.6 Å². The van der Waals surface area contributed by atoms with Gasteiger partial charge in [0.2, 0.25) is 0 Å². The number of halogens is 2. The number of urea groups is 1. The molecule has 1 aromatic rings. The average Bonchev–Trinajstić information content (AvgIpc) is 2.88. The number of para-hydroxylation sites is 1. The maximum absolute atomic E-state index is 13.5. The highest BCUT2D eigenvalue weighted by molar-refractivity contribution is 5.94. The predicted molar refractivity (Wildman–Crippen MR) is 72.0 cm³/mol. The average molecular weight is 298 g/mol. The quantitative estimate of drug-likeness (QED) is 0.901. The maximum atomic E-state index is 13.5. The number of carbonyl (C=O) groups is 2. The monoisotopic (exact) mass is 298 g/mol. The first-order valence-corrected chi connectivity index (χ1v) is 6.68. The highest BCUT2D eigenvalue weighted by Crippen LogP contribution is 2.33. The highest BCUT2D eigenvalue weighted by atomic mass is 19.1. The minimum Gasteiger partial charge on any atom is -0.479 e. The molecule has 1 heterocycles. The van der Waals surface area contributed by atoms with Crippen LogP contribution in [0.3, 0.4) is 0 Å². The molecule has 0 saturated carbocycles. The van der Waals surface area contributed by atoms with Crippen LogP contribution in [-0.4, -0.2) is 34.1 Å². The van der Waals surface area contributed by atoms with E-state index in [0.29, 0.717) is 12.8 Å². The van der Waals surface area contributed by atoms with Gasteiger partial charge in [0.05, 0.1) is 0 Å². The number of likely N-dealkylation sites (tertiary alicyclic amines) is 1. The van der Waals surface area contributed by atoms with Crippen LogP contribution in [-0.2, 0) is 4.79 Å². The Bertz CT molecular complexity index is 559. The molecule has 1 atom stereocenters. The van der Waals surface area contributed by atoms with Crippen LogP contribution in [0.2, 0.25) is 0 Å². The molecule has 7 heteroatoms. The number of amides is 2. The van der Waals surface area contributed by atoms with Crippen LogP contribution in [0.15, 0.2) is 18.2 Å². The van der Waals surface area contributed by atoms with Crippen molar-refractivity contribution in [3.63, 3.8) is 0 Å². The molecular formula is C14H16F2N2O3. The van der Waals surface area contributed by atoms with Gasteiger partial charge in [-0.15, -0.1) is 0 Å². The summed E-state index contributed by atoms with van der Waals surface area (Å²) in [5.41, 5.74) is -1.88. The minimum atomic E-state index is -1.31. The summed E-state index contributed by atoms with van der Waals surface area (Å²) in [5, 5.41) is 11.5. The first kappa shape index (κ1) is 15.2. The molecule has 114 valence electrons. The predicted octanol–water partition coefficient (Wildman–Crippen LogP) is 2.83. The zero-order valence-electron chi connectivity index (χ0n) is 11.5. The number of carboxylic acids is 1. The third kappa shape index (κ3) is 2.55. The van der Waals surface area contributed by atoms with Crippen LogP contribution in [0, 0.1) is 11.6 Å². The van der Waals surface area contributed by atoms with Crippen molar-refractivity contribution < 1.29 is 23.5 Å². The fraction of sp³-hybridized carbons (Fsp3) is 0.429. The third-order valence-electron chi connectivity index (χ3n) is 3.91. The van der Waals surface area contributed by atoms with Gasteiger partial charge in [0.15, 0.2) is 0 Å². The van der Waals surface area contributed by atoms with Crippen LogP contribution in [0.25, 0.3) is 0 Å². The van der Waals surface area contributed by atoms with E-state index in [2.05, 4.69) is 5.32 Å². The van der Waals surface area contributed by atoms with Crippen molar-refractivity contribution in [3.8, 4) is 0 Å². The smallest absolute Gasteiger partial charge is 0.329 e. The van der Waals surface area contributed by atoms with Gasteiger partial charge < -0.3 is 15.3 Å².